The summed E-state index contributed by atoms with van der Waals surface area (Å²) in [7, 11) is 0. The molecule has 0 radical (unpaired) electrons. The number of nitrogens with one attached hydrogen (secondary N) is 1. The van der Waals surface area contributed by atoms with Crippen molar-refractivity contribution in [1.29, 1.82) is 0 Å². The van der Waals surface area contributed by atoms with E-state index in [2.05, 4.69) is 12.2 Å². The van der Waals surface area contributed by atoms with Crippen LogP contribution < -0.4 is 5.32 Å². The third kappa shape index (κ3) is 2.94. The summed E-state index contributed by atoms with van der Waals surface area (Å²) < 4.78 is 0. The number of ketones is 1. The molecule has 0 amide bonds. The highest BCUT2D eigenvalue weighted by Gasteiger charge is 2.30. The van der Waals surface area contributed by atoms with Gasteiger partial charge in [-0.15, -0.1) is 0 Å². The normalized spacial score (nSPS) is 20.7. The summed E-state index contributed by atoms with van der Waals surface area (Å²) in [6.07, 6.45) is 2.00. The molecule has 0 spiro atoms. The van der Waals surface area contributed by atoms with Crippen LogP contribution in [0.2, 0.25) is 0 Å². The van der Waals surface area contributed by atoms with Crippen molar-refractivity contribution in [3.05, 3.63) is 0 Å². The molecule has 1 saturated heterocycles. The van der Waals surface area contributed by atoms with E-state index in [-0.39, 0.29) is 5.41 Å². The van der Waals surface area contributed by atoms with Crippen LogP contribution >= 0.6 is 0 Å². The van der Waals surface area contributed by atoms with Crippen molar-refractivity contribution in [3.8, 4) is 0 Å². The minimum absolute atomic E-state index is 0.0226. The fraction of sp³-hybridized carbons (Fsp3) is 0.900. The minimum Gasteiger partial charge on any atom is -0.317 e. The summed E-state index contributed by atoms with van der Waals surface area (Å²) >= 11 is 0. The summed E-state index contributed by atoms with van der Waals surface area (Å²) in [5.41, 5.74) is -0.0226. The molecule has 72 valence electrons. The maximum atomic E-state index is 11.1. The van der Waals surface area contributed by atoms with Gasteiger partial charge in [-0.05, 0) is 32.9 Å². The first-order valence-corrected chi connectivity index (χ1v) is 4.87. The van der Waals surface area contributed by atoms with E-state index < -0.39 is 0 Å². The lowest BCUT2D eigenvalue weighted by molar-refractivity contribution is -0.126. The highest BCUT2D eigenvalue weighted by molar-refractivity contribution is 5.82. The molecule has 0 aliphatic carbocycles. The van der Waals surface area contributed by atoms with Gasteiger partial charge in [0.1, 0.15) is 5.78 Å². The van der Waals surface area contributed by atoms with Crippen LogP contribution in [0.15, 0.2) is 0 Å². The van der Waals surface area contributed by atoms with Crippen molar-refractivity contribution in [1.82, 2.24) is 5.32 Å². The van der Waals surface area contributed by atoms with Crippen molar-refractivity contribution < 1.29 is 4.79 Å². The molecular weight excluding hydrogens is 150 g/mol. The summed E-state index contributed by atoms with van der Waals surface area (Å²) in [5, 5.41) is 3.24. The van der Waals surface area contributed by atoms with Crippen LogP contribution in [0.3, 0.4) is 0 Å². The standard InChI is InChI=1S/C8H15NO.C2H6/c1-7(10)8(2)3-5-9-6-4-8;1-2/h9H,3-6H2,1-2H3;1-2H3. The molecule has 0 aromatic rings. The predicted octanol–water partition coefficient (Wildman–Crippen LogP) is 1.99. The lowest BCUT2D eigenvalue weighted by Crippen LogP contribution is -2.38. The molecule has 0 bridgehead atoms. The predicted molar refractivity (Wildman–Crippen MR) is 52.2 cm³/mol. The average molecular weight is 171 g/mol. The highest BCUT2D eigenvalue weighted by Crippen LogP contribution is 2.28. The van der Waals surface area contributed by atoms with E-state index in [9.17, 15) is 4.79 Å². The van der Waals surface area contributed by atoms with Gasteiger partial charge in [-0.3, -0.25) is 4.79 Å². The van der Waals surface area contributed by atoms with Crippen LogP contribution in [-0.4, -0.2) is 18.9 Å². The Hall–Kier alpha value is -0.370. The minimum atomic E-state index is -0.0226. The Labute approximate surface area is 75.7 Å². The van der Waals surface area contributed by atoms with E-state index in [4.69, 9.17) is 0 Å². The van der Waals surface area contributed by atoms with Crippen LogP contribution in [0.1, 0.15) is 40.5 Å². The summed E-state index contributed by atoms with van der Waals surface area (Å²) in [4.78, 5) is 11.1. The molecule has 1 aliphatic rings. The van der Waals surface area contributed by atoms with Crippen molar-refractivity contribution in [2.75, 3.05) is 13.1 Å². The van der Waals surface area contributed by atoms with Crippen molar-refractivity contribution in [2.24, 2.45) is 5.41 Å². The molecule has 1 N–H and O–H groups in total. The molecule has 2 heteroatoms. The van der Waals surface area contributed by atoms with Crippen molar-refractivity contribution in [3.63, 3.8) is 0 Å². The number of hydrogen-bond donors (Lipinski definition) is 1. The molecule has 1 rings (SSSR count). The Kier molecular flexibility index (Phi) is 5.14. The molecule has 1 aliphatic heterocycles. The molecule has 0 atom stereocenters. The maximum absolute atomic E-state index is 11.1. The summed E-state index contributed by atoms with van der Waals surface area (Å²) in [6.45, 7) is 9.76. The van der Waals surface area contributed by atoms with Crippen LogP contribution in [0.4, 0.5) is 0 Å². The Balaban J connectivity index is 0.000000561. The topological polar surface area (TPSA) is 29.1 Å². The van der Waals surface area contributed by atoms with E-state index >= 15 is 0 Å². The van der Waals surface area contributed by atoms with Gasteiger partial charge < -0.3 is 5.32 Å². The fourth-order valence-electron chi connectivity index (χ4n) is 1.33. The third-order valence-electron chi connectivity index (χ3n) is 2.56. The van der Waals surface area contributed by atoms with Gasteiger partial charge in [0.2, 0.25) is 0 Å². The smallest absolute Gasteiger partial charge is 0.135 e. The maximum Gasteiger partial charge on any atom is 0.135 e. The Morgan fingerprint density at radius 2 is 1.67 bits per heavy atom. The number of carbonyl (C=O) groups excluding carboxylic acids is 1. The molecule has 12 heavy (non-hydrogen) atoms. The summed E-state index contributed by atoms with van der Waals surface area (Å²) in [5.74, 6) is 0.342. The lowest BCUT2D eigenvalue weighted by atomic mass is 9.78. The zero-order valence-corrected chi connectivity index (χ0v) is 8.74. The second-order valence-electron chi connectivity index (χ2n) is 3.37. The molecule has 1 fully saturated rings. The van der Waals surface area contributed by atoms with Crippen LogP contribution in [0.5, 0.6) is 0 Å². The number of Topliss-reactive ketones (excluding diaryl/α,β-unsaturated/α-hetero) is 1. The molecule has 0 aromatic carbocycles. The molecule has 1 heterocycles. The first-order valence-electron chi connectivity index (χ1n) is 4.87. The van der Waals surface area contributed by atoms with Crippen LogP contribution in [0, 0.1) is 5.41 Å². The van der Waals surface area contributed by atoms with E-state index in [1.54, 1.807) is 6.92 Å². The van der Waals surface area contributed by atoms with Crippen molar-refractivity contribution >= 4 is 5.78 Å². The van der Waals surface area contributed by atoms with E-state index in [1.165, 1.54) is 0 Å². The van der Waals surface area contributed by atoms with Gasteiger partial charge in [0.05, 0.1) is 0 Å². The molecule has 0 saturated carbocycles. The fourth-order valence-corrected chi connectivity index (χ4v) is 1.33. The van der Waals surface area contributed by atoms with Crippen molar-refractivity contribution in [2.45, 2.75) is 40.5 Å². The number of rotatable bonds is 1. The molecule has 0 aromatic heterocycles. The van der Waals surface area contributed by atoms with Crippen LogP contribution in [0.25, 0.3) is 0 Å². The Morgan fingerprint density at radius 1 is 1.25 bits per heavy atom. The van der Waals surface area contributed by atoms with E-state index in [0.29, 0.717) is 5.78 Å². The van der Waals surface area contributed by atoms with Gasteiger partial charge in [-0.25, -0.2) is 0 Å². The average Bonchev–Trinajstić information content (AvgIpc) is 2.09. The number of piperidine rings is 1. The van der Waals surface area contributed by atoms with Gasteiger partial charge in [-0.1, -0.05) is 20.8 Å². The van der Waals surface area contributed by atoms with Crippen LogP contribution in [-0.2, 0) is 4.79 Å². The monoisotopic (exact) mass is 171 g/mol. The second-order valence-corrected chi connectivity index (χ2v) is 3.37. The first kappa shape index (κ1) is 11.6. The third-order valence-corrected chi connectivity index (χ3v) is 2.56. The van der Waals surface area contributed by atoms with Gasteiger partial charge in [0.15, 0.2) is 0 Å². The van der Waals surface area contributed by atoms with Gasteiger partial charge in [0.25, 0.3) is 0 Å². The molecule has 0 unspecified atom stereocenters. The van der Waals surface area contributed by atoms with Gasteiger partial charge in [0, 0.05) is 5.41 Å². The van der Waals surface area contributed by atoms with E-state index in [0.717, 1.165) is 25.9 Å². The Morgan fingerprint density at radius 3 is 1.92 bits per heavy atom. The zero-order chi connectivity index (χ0) is 9.61. The van der Waals surface area contributed by atoms with Gasteiger partial charge in [-0.2, -0.15) is 0 Å². The first-order chi connectivity index (χ1) is 5.65. The highest BCUT2D eigenvalue weighted by atomic mass is 16.1. The number of hydrogen-bond acceptors (Lipinski definition) is 2. The molecule has 2 nitrogen and oxygen atoms in total. The summed E-state index contributed by atoms with van der Waals surface area (Å²) in [6, 6.07) is 0. The van der Waals surface area contributed by atoms with E-state index in [1.807, 2.05) is 13.8 Å². The largest absolute Gasteiger partial charge is 0.317 e. The lowest BCUT2D eigenvalue weighted by Gasteiger charge is -2.31. The second kappa shape index (κ2) is 5.31. The SMILES string of the molecule is CC.CC(=O)C1(C)CCNCC1. The Bertz CT molecular complexity index is 137. The quantitative estimate of drug-likeness (QED) is 0.653. The molecular formula is C10H21NO. The number of carbonyl (C=O) groups is 1. The zero-order valence-electron chi connectivity index (χ0n) is 8.74. The van der Waals surface area contributed by atoms with Gasteiger partial charge >= 0.3 is 0 Å².